The molecule has 1 aliphatic heterocycles. The number of anilines is 2. The third-order valence-corrected chi connectivity index (χ3v) is 6.89. The Morgan fingerprint density at radius 2 is 1.88 bits per heavy atom. The molecule has 10 heteroatoms. The van der Waals surface area contributed by atoms with Crippen molar-refractivity contribution in [2.75, 3.05) is 36.5 Å². The first-order valence-corrected chi connectivity index (χ1v) is 13.3. The minimum Gasteiger partial charge on any atom is -0.362 e. The largest absolute Gasteiger partial charge is 0.362 e. The lowest BCUT2D eigenvalue weighted by atomic mass is 9.97. The highest BCUT2D eigenvalue weighted by atomic mass is 32.2. The van der Waals surface area contributed by atoms with E-state index in [0.29, 0.717) is 17.8 Å². The summed E-state index contributed by atoms with van der Waals surface area (Å²) in [4.78, 5) is 22.3. The minimum absolute atomic E-state index is 0.204. The second-order valence-corrected chi connectivity index (χ2v) is 11.1. The van der Waals surface area contributed by atoms with Crippen molar-refractivity contribution in [1.29, 1.82) is 0 Å². The van der Waals surface area contributed by atoms with E-state index in [4.69, 9.17) is 10.1 Å². The normalized spacial score (nSPS) is 16.6. The average molecular weight is 485 g/mol. The van der Waals surface area contributed by atoms with Crippen molar-refractivity contribution in [2.45, 2.75) is 46.1 Å². The van der Waals surface area contributed by atoms with Gasteiger partial charge in [-0.2, -0.15) is 9.61 Å². The van der Waals surface area contributed by atoms with Gasteiger partial charge in [-0.15, -0.1) is 0 Å². The number of rotatable bonds is 5. The summed E-state index contributed by atoms with van der Waals surface area (Å²) in [5.74, 6) is 0.755. The molecular weight excluding hydrogens is 452 g/mol. The molecule has 0 aliphatic carbocycles. The lowest BCUT2D eigenvalue weighted by Crippen LogP contribution is -2.39. The van der Waals surface area contributed by atoms with Crippen LogP contribution in [0.2, 0.25) is 0 Å². The molecule has 1 fully saturated rings. The first-order valence-electron chi connectivity index (χ1n) is 11.4. The van der Waals surface area contributed by atoms with Crippen molar-refractivity contribution in [3.05, 3.63) is 52.3 Å². The van der Waals surface area contributed by atoms with Crippen LogP contribution in [0.15, 0.2) is 24.3 Å². The van der Waals surface area contributed by atoms with E-state index >= 15 is 0 Å². The number of aryl methyl sites for hydroxylation is 2. The molecule has 0 saturated carbocycles. The third-order valence-electron chi connectivity index (χ3n) is 6.30. The van der Waals surface area contributed by atoms with Crippen LogP contribution >= 0.6 is 0 Å². The van der Waals surface area contributed by atoms with Gasteiger partial charge in [0.2, 0.25) is 10.0 Å². The molecular formula is C24H32N6O3S. The maximum Gasteiger partial charge on any atom is 0.256 e. The summed E-state index contributed by atoms with van der Waals surface area (Å²) < 4.78 is 28.1. The van der Waals surface area contributed by atoms with Crippen molar-refractivity contribution in [3.8, 4) is 0 Å². The second kappa shape index (κ2) is 8.90. The maximum atomic E-state index is 13.8. The third kappa shape index (κ3) is 4.59. The fraction of sp³-hybridized carbons (Fsp3) is 0.458. The average Bonchev–Trinajstić information content (AvgIpc) is 3.17. The van der Waals surface area contributed by atoms with E-state index in [1.165, 1.54) is 0 Å². The summed E-state index contributed by atoms with van der Waals surface area (Å²) in [7, 11) is 0.428. The molecule has 3 aromatic rings. The van der Waals surface area contributed by atoms with Crippen molar-refractivity contribution in [2.24, 2.45) is 0 Å². The zero-order valence-electron chi connectivity index (χ0n) is 20.6. The molecule has 4 rings (SSSR count). The molecule has 182 valence electrons. The first kappa shape index (κ1) is 24.0. The molecule has 1 atom stereocenters. The maximum absolute atomic E-state index is 13.8. The quantitative estimate of drug-likeness (QED) is 0.595. The van der Waals surface area contributed by atoms with Gasteiger partial charge in [0, 0.05) is 38.0 Å². The molecule has 34 heavy (non-hydrogen) atoms. The van der Waals surface area contributed by atoms with Crippen LogP contribution in [0.5, 0.6) is 0 Å². The predicted molar refractivity (Wildman–Crippen MR) is 134 cm³/mol. The summed E-state index contributed by atoms with van der Waals surface area (Å²) >= 11 is 0. The summed E-state index contributed by atoms with van der Waals surface area (Å²) in [5, 5.41) is 4.89. The van der Waals surface area contributed by atoms with Gasteiger partial charge < -0.3 is 9.80 Å². The number of hydrogen-bond acceptors (Lipinski definition) is 6. The predicted octanol–water partition coefficient (Wildman–Crippen LogP) is 3.46. The number of piperidine rings is 1. The van der Waals surface area contributed by atoms with Gasteiger partial charge in [0.05, 0.1) is 29.2 Å². The number of sulfonamides is 1. The van der Waals surface area contributed by atoms with Crippen LogP contribution in [-0.4, -0.2) is 60.7 Å². The summed E-state index contributed by atoms with van der Waals surface area (Å²) in [5.41, 5.74) is 5.05. The van der Waals surface area contributed by atoms with E-state index in [-0.39, 0.29) is 11.9 Å². The highest BCUT2D eigenvalue weighted by Gasteiger charge is 2.32. The lowest BCUT2D eigenvalue weighted by Gasteiger charge is -2.35. The molecule has 0 bridgehead atoms. The molecule has 0 unspecified atom stereocenters. The second-order valence-electron chi connectivity index (χ2n) is 9.31. The van der Waals surface area contributed by atoms with Gasteiger partial charge in [-0.3, -0.25) is 9.52 Å². The number of likely N-dealkylation sites (tertiary alicyclic amines) is 1. The Kier molecular flexibility index (Phi) is 6.28. The number of nitrogens with one attached hydrogen (secondary N) is 1. The van der Waals surface area contributed by atoms with Gasteiger partial charge in [-0.25, -0.2) is 13.4 Å². The molecule has 1 saturated heterocycles. The number of benzene rings is 1. The zero-order chi connectivity index (χ0) is 24.8. The van der Waals surface area contributed by atoms with Gasteiger partial charge in [-0.1, -0.05) is 11.6 Å². The summed E-state index contributed by atoms with van der Waals surface area (Å²) in [6.07, 6.45) is 3.73. The Morgan fingerprint density at radius 3 is 2.56 bits per heavy atom. The highest BCUT2D eigenvalue weighted by molar-refractivity contribution is 7.92. The molecule has 1 aromatic carbocycles. The molecule has 0 radical (unpaired) electrons. The van der Waals surface area contributed by atoms with E-state index in [1.54, 1.807) is 18.2 Å². The Balaban J connectivity index is 1.78. The van der Waals surface area contributed by atoms with Gasteiger partial charge in [0.25, 0.3) is 5.91 Å². The van der Waals surface area contributed by atoms with E-state index in [9.17, 15) is 13.2 Å². The standard InChI is InChI=1S/C24H32N6O3S/c1-15-10-11-19(27-34(6,32)33)18(13-15)24(31)29-12-8-7-9-21(29)20-14-22-25-17(3)16(2)23(28(4)5)30(22)26-20/h10-11,13-14,21,27H,7-9,12H2,1-6H3/t21-/m0/s1. The van der Waals surface area contributed by atoms with Crippen molar-refractivity contribution >= 4 is 33.1 Å². The Bertz CT molecular complexity index is 1360. The van der Waals surface area contributed by atoms with Gasteiger partial charge in [0.15, 0.2) is 5.65 Å². The van der Waals surface area contributed by atoms with Gasteiger partial charge in [-0.05, 0) is 52.2 Å². The highest BCUT2D eigenvalue weighted by Crippen LogP contribution is 2.34. The molecule has 1 aliphatic rings. The van der Waals surface area contributed by atoms with E-state index in [0.717, 1.165) is 59.5 Å². The molecule has 1 N–H and O–H groups in total. The van der Waals surface area contributed by atoms with Crippen LogP contribution in [0, 0.1) is 20.8 Å². The zero-order valence-corrected chi connectivity index (χ0v) is 21.4. The van der Waals surface area contributed by atoms with Gasteiger partial charge >= 0.3 is 0 Å². The van der Waals surface area contributed by atoms with Crippen LogP contribution < -0.4 is 9.62 Å². The van der Waals surface area contributed by atoms with Crippen molar-refractivity contribution in [1.82, 2.24) is 19.5 Å². The fourth-order valence-electron chi connectivity index (χ4n) is 4.65. The molecule has 3 heterocycles. The van der Waals surface area contributed by atoms with E-state index < -0.39 is 10.0 Å². The van der Waals surface area contributed by atoms with Crippen molar-refractivity contribution in [3.63, 3.8) is 0 Å². The van der Waals surface area contributed by atoms with Crippen LogP contribution in [0.3, 0.4) is 0 Å². The van der Waals surface area contributed by atoms with E-state index in [1.807, 2.05) is 55.2 Å². The lowest BCUT2D eigenvalue weighted by molar-refractivity contribution is 0.0606. The van der Waals surface area contributed by atoms with Crippen LogP contribution in [-0.2, 0) is 10.0 Å². The van der Waals surface area contributed by atoms with Crippen LogP contribution in [0.1, 0.15) is 58.2 Å². The Morgan fingerprint density at radius 1 is 1.15 bits per heavy atom. The smallest absolute Gasteiger partial charge is 0.256 e. The van der Waals surface area contributed by atoms with E-state index in [2.05, 4.69) is 4.72 Å². The van der Waals surface area contributed by atoms with Crippen LogP contribution in [0.4, 0.5) is 11.5 Å². The number of carbonyl (C=O) groups is 1. The number of nitrogens with zero attached hydrogens (tertiary/aromatic N) is 5. The summed E-state index contributed by atoms with van der Waals surface area (Å²) in [6.45, 7) is 6.48. The Hall–Kier alpha value is -3.14. The molecule has 2 aromatic heterocycles. The van der Waals surface area contributed by atoms with Crippen molar-refractivity contribution < 1.29 is 13.2 Å². The Labute approximate surface area is 200 Å². The molecule has 0 spiro atoms. The topological polar surface area (TPSA) is 99.9 Å². The number of fused-ring (bicyclic) bond motifs is 1. The number of hydrogen-bond donors (Lipinski definition) is 1. The number of aromatic nitrogens is 3. The molecule has 1 amide bonds. The van der Waals surface area contributed by atoms with Gasteiger partial charge in [0.1, 0.15) is 5.82 Å². The monoisotopic (exact) mass is 484 g/mol. The first-order chi connectivity index (χ1) is 16.0. The number of carbonyl (C=O) groups excluding carboxylic acids is 1. The SMILES string of the molecule is Cc1ccc(NS(C)(=O)=O)c(C(=O)N2CCCC[C@H]2c2cc3nc(C)c(C)c(N(C)C)n3n2)c1. The number of amides is 1. The molecule has 9 nitrogen and oxygen atoms in total. The van der Waals surface area contributed by atoms with Crippen LogP contribution in [0.25, 0.3) is 5.65 Å². The minimum atomic E-state index is -3.53. The summed E-state index contributed by atoms with van der Waals surface area (Å²) in [6, 6.07) is 6.92. The fourth-order valence-corrected chi connectivity index (χ4v) is 5.23.